The molecule has 3 rings (SSSR count). The molecule has 0 atom stereocenters. The van der Waals surface area contributed by atoms with Gasteiger partial charge in [-0.05, 0) is 56.6 Å². The number of nitrogens with one attached hydrogen (secondary N) is 3. The number of benzene rings is 2. The molecule has 0 bridgehead atoms. The molecule has 14 heteroatoms. The highest BCUT2D eigenvalue weighted by molar-refractivity contribution is 9.10. The van der Waals surface area contributed by atoms with Gasteiger partial charge in [0.1, 0.15) is 5.82 Å². The van der Waals surface area contributed by atoms with E-state index in [9.17, 15) is 19.7 Å². The van der Waals surface area contributed by atoms with Crippen LogP contribution in [-0.4, -0.2) is 38.6 Å². The van der Waals surface area contributed by atoms with Crippen molar-refractivity contribution in [2.45, 2.75) is 5.03 Å². The molecule has 172 valence electrons. The zero-order valence-corrected chi connectivity index (χ0v) is 19.1. The third kappa shape index (κ3) is 7.27. The lowest BCUT2D eigenvalue weighted by atomic mass is 10.3. The van der Waals surface area contributed by atoms with E-state index in [4.69, 9.17) is 4.63 Å². The predicted octanol–water partition coefficient (Wildman–Crippen LogP) is 3.90. The van der Waals surface area contributed by atoms with Gasteiger partial charge in [-0.15, -0.1) is 0 Å². The Morgan fingerprint density at radius 2 is 2.09 bits per heavy atom. The second-order valence-electron chi connectivity index (χ2n) is 6.18. The summed E-state index contributed by atoms with van der Waals surface area (Å²) >= 11 is 4.30. The van der Waals surface area contributed by atoms with Gasteiger partial charge in [-0.1, -0.05) is 30.0 Å². The van der Waals surface area contributed by atoms with Crippen molar-refractivity contribution in [3.63, 3.8) is 0 Å². The second-order valence-corrected chi connectivity index (χ2v) is 8.12. The van der Waals surface area contributed by atoms with Crippen LogP contribution in [0.15, 0.2) is 79.7 Å². The van der Waals surface area contributed by atoms with Crippen LogP contribution in [0.3, 0.4) is 0 Å². The number of rotatable bonds is 10. The van der Waals surface area contributed by atoms with E-state index in [-0.39, 0.29) is 21.8 Å². The smallest absolute Gasteiger partial charge is 0.274 e. The van der Waals surface area contributed by atoms with Crippen LogP contribution >= 0.6 is 27.7 Å². The molecule has 11 nitrogen and oxygen atoms in total. The topological polar surface area (TPSA) is 151 Å². The quantitative estimate of drug-likeness (QED) is 0.0747. The summed E-state index contributed by atoms with van der Waals surface area (Å²) in [6, 6.07) is 13.1. The van der Waals surface area contributed by atoms with Gasteiger partial charge in [-0.3, -0.25) is 20.8 Å². The largest absolute Gasteiger partial charge is 0.366 e. The maximum atomic E-state index is 13.4. The number of hydrogen-bond donors (Lipinski definition) is 4. The minimum Gasteiger partial charge on any atom is -0.366 e. The molecular weight excluding hydrogens is 521 g/mol. The number of nitrogens with zero attached hydrogens (tertiary/aromatic N) is 4. The van der Waals surface area contributed by atoms with Crippen molar-refractivity contribution in [3.05, 3.63) is 86.7 Å². The summed E-state index contributed by atoms with van der Waals surface area (Å²) in [5.41, 5.74) is 3.13. The number of aliphatic imine (C=N–C) groups is 1. The number of nitro groups is 1. The lowest BCUT2D eigenvalue weighted by Gasteiger charge is -2.11. The van der Waals surface area contributed by atoms with Gasteiger partial charge in [-0.2, -0.15) is 0 Å². The number of hydroxylamine groups is 1. The van der Waals surface area contributed by atoms with Gasteiger partial charge >= 0.3 is 0 Å². The SMILES string of the molecule is O=[N+]([O-])C=C(NCCSc1nonc1C(=Nc1ccc(F)c(Br)c1)NO)Nc1ccccc1. The number of anilines is 1. The van der Waals surface area contributed by atoms with Crippen molar-refractivity contribution < 1.29 is 19.2 Å². The Hall–Kier alpha value is -3.49. The van der Waals surface area contributed by atoms with E-state index in [1.54, 1.807) is 24.3 Å². The van der Waals surface area contributed by atoms with E-state index in [2.05, 4.69) is 41.9 Å². The van der Waals surface area contributed by atoms with Crippen LogP contribution in [-0.2, 0) is 0 Å². The zero-order chi connectivity index (χ0) is 23.6. The van der Waals surface area contributed by atoms with Gasteiger partial charge in [0.2, 0.25) is 0 Å². The lowest BCUT2D eigenvalue weighted by Crippen LogP contribution is -2.23. The summed E-state index contributed by atoms with van der Waals surface area (Å²) in [7, 11) is 0. The minimum absolute atomic E-state index is 0.0510. The monoisotopic (exact) mass is 537 g/mol. The molecule has 1 heterocycles. The normalized spacial score (nSPS) is 11.8. The zero-order valence-electron chi connectivity index (χ0n) is 16.7. The second kappa shape index (κ2) is 11.9. The Morgan fingerprint density at radius 3 is 2.79 bits per heavy atom. The molecule has 0 aliphatic carbocycles. The number of halogens is 2. The van der Waals surface area contributed by atoms with Gasteiger partial charge in [0.25, 0.3) is 6.20 Å². The van der Waals surface area contributed by atoms with Crippen LogP contribution in [0.2, 0.25) is 0 Å². The Morgan fingerprint density at radius 1 is 1.30 bits per heavy atom. The van der Waals surface area contributed by atoms with E-state index in [1.807, 2.05) is 11.5 Å². The van der Waals surface area contributed by atoms with Gasteiger partial charge in [0.05, 0.1) is 15.1 Å². The predicted molar refractivity (Wildman–Crippen MR) is 123 cm³/mol. The third-order valence-corrected chi connectivity index (χ3v) is 5.43. The van der Waals surface area contributed by atoms with E-state index in [0.717, 1.165) is 6.20 Å². The molecule has 0 radical (unpaired) electrons. The number of thioether (sulfide) groups is 1. The maximum Gasteiger partial charge on any atom is 0.274 e. The van der Waals surface area contributed by atoms with Crippen molar-refractivity contribution in [3.8, 4) is 0 Å². The standard InChI is InChI=1S/C19H17BrFN7O4S/c20-14-10-13(6-7-15(14)21)24-18(25-29)17-19(27-32-26-17)33-9-8-22-16(11-28(30)31)23-12-4-2-1-3-5-12/h1-7,10-11,22-23,29H,8-9H2,(H,24,25). The summed E-state index contributed by atoms with van der Waals surface area (Å²) in [5.74, 6) is 0.135. The molecule has 2 aromatic carbocycles. The molecule has 0 amide bonds. The van der Waals surface area contributed by atoms with E-state index in [0.29, 0.717) is 28.7 Å². The molecule has 0 saturated heterocycles. The fourth-order valence-corrected chi connectivity index (χ4v) is 3.59. The van der Waals surface area contributed by atoms with Crippen LogP contribution in [0.4, 0.5) is 15.8 Å². The summed E-state index contributed by atoms with van der Waals surface area (Å²) < 4.78 is 18.4. The number of para-hydroxylation sites is 1. The van der Waals surface area contributed by atoms with E-state index < -0.39 is 10.7 Å². The summed E-state index contributed by atoms with van der Waals surface area (Å²) in [6.07, 6.45) is 0.835. The van der Waals surface area contributed by atoms with Gasteiger partial charge in [0, 0.05) is 18.0 Å². The Balaban J connectivity index is 1.63. The van der Waals surface area contributed by atoms with Crippen LogP contribution < -0.4 is 16.1 Å². The average molecular weight is 538 g/mol. The fourth-order valence-electron chi connectivity index (χ4n) is 2.47. The van der Waals surface area contributed by atoms with Crippen LogP contribution in [0.5, 0.6) is 0 Å². The first-order valence-electron chi connectivity index (χ1n) is 9.27. The van der Waals surface area contributed by atoms with Crippen molar-refractivity contribution in [1.82, 2.24) is 21.1 Å². The minimum atomic E-state index is -0.561. The van der Waals surface area contributed by atoms with Crippen molar-refractivity contribution >= 4 is 44.9 Å². The summed E-state index contributed by atoms with van der Waals surface area (Å²) in [4.78, 5) is 14.5. The number of hydrogen-bond acceptors (Lipinski definition) is 10. The average Bonchev–Trinajstić information content (AvgIpc) is 3.26. The molecule has 0 aliphatic heterocycles. The highest BCUT2D eigenvalue weighted by atomic mass is 79.9. The first kappa shape index (κ1) is 24.2. The lowest BCUT2D eigenvalue weighted by molar-refractivity contribution is -0.403. The maximum absolute atomic E-state index is 13.4. The molecule has 1 aromatic heterocycles. The molecule has 0 spiro atoms. The first-order valence-corrected chi connectivity index (χ1v) is 11.0. The van der Waals surface area contributed by atoms with Crippen molar-refractivity contribution in [2.24, 2.45) is 4.99 Å². The van der Waals surface area contributed by atoms with Crippen LogP contribution in [0, 0.1) is 15.9 Å². The fraction of sp³-hybridized carbons (Fsp3) is 0.105. The van der Waals surface area contributed by atoms with Gasteiger partial charge in [0.15, 0.2) is 22.4 Å². The molecule has 4 N–H and O–H groups in total. The Labute approximate surface area is 199 Å². The summed E-state index contributed by atoms with van der Waals surface area (Å²) in [5, 5.41) is 34.2. The molecule has 33 heavy (non-hydrogen) atoms. The third-order valence-electron chi connectivity index (χ3n) is 3.88. The number of amidine groups is 1. The highest BCUT2D eigenvalue weighted by Gasteiger charge is 2.17. The van der Waals surface area contributed by atoms with Crippen LogP contribution in [0.1, 0.15) is 5.69 Å². The molecule has 0 aliphatic rings. The number of aromatic nitrogens is 2. The molecule has 0 fully saturated rings. The molecule has 0 unspecified atom stereocenters. The Kier molecular flexibility index (Phi) is 8.74. The first-order chi connectivity index (χ1) is 16.0. The highest BCUT2D eigenvalue weighted by Crippen LogP contribution is 2.24. The van der Waals surface area contributed by atoms with Crippen LogP contribution in [0.25, 0.3) is 0 Å². The molecular formula is C19H17BrFN7O4S. The molecule has 3 aromatic rings. The molecule has 0 saturated carbocycles. The van der Waals surface area contributed by atoms with Gasteiger partial charge < -0.3 is 10.6 Å². The van der Waals surface area contributed by atoms with E-state index >= 15 is 0 Å². The van der Waals surface area contributed by atoms with Crippen molar-refractivity contribution in [1.29, 1.82) is 0 Å². The van der Waals surface area contributed by atoms with Crippen molar-refractivity contribution in [2.75, 3.05) is 17.6 Å². The van der Waals surface area contributed by atoms with E-state index in [1.165, 1.54) is 30.0 Å². The Bertz CT molecular complexity index is 1160. The van der Waals surface area contributed by atoms with Gasteiger partial charge in [-0.25, -0.2) is 14.0 Å². The summed E-state index contributed by atoms with van der Waals surface area (Å²) in [6.45, 7) is 0.334.